The number of hydrogen-bond acceptors (Lipinski definition) is 4. The van der Waals surface area contributed by atoms with E-state index in [1.54, 1.807) is 17.9 Å². The summed E-state index contributed by atoms with van der Waals surface area (Å²) in [6, 6.07) is 9.94. The second-order valence-electron chi connectivity index (χ2n) is 6.12. The van der Waals surface area contributed by atoms with E-state index >= 15 is 0 Å². The van der Waals surface area contributed by atoms with E-state index in [1.165, 1.54) is 11.3 Å². The topological polar surface area (TPSA) is 61.4 Å². The average molecular weight is 358 g/mol. The molecule has 0 bridgehead atoms. The molecule has 0 aliphatic heterocycles. The molecule has 0 saturated heterocycles. The first-order chi connectivity index (χ1) is 12.0. The van der Waals surface area contributed by atoms with Gasteiger partial charge in [0.05, 0.1) is 22.5 Å². The zero-order valence-corrected chi connectivity index (χ0v) is 15.7. The van der Waals surface area contributed by atoms with Crippen LogP contribution in [0.3, 0.4) is 0 Å². The smallest absolute Gasteiger partial charge is 0.297 e. The summed E-state index contributed by atoms with van der Waals surface area (Å²) in [5, 5.41) is 4.40. The maximum Gasteiger partial charge on any atom is 0.297 e. The molecule has 1 aromatic carbocycles. The molecule has 3 rings (SSSR count). The number of hydrogen-bond donors (Lipinski definition) is 0. The van der Waals surface area contributed by atoms with Crippen molar-refractivity contribution in [3.05, 3.63) is 46.5 Å². The normalized spacial score (nSPS) is 12.4. The van der Waals surface area contributed by atoms with Crippen molar-refractivity contribution < 1.29 is 9.53 Å². The van der Waals surface area contributed by atoms with Gasteiger partial charge in [-0.1, -0.05) is 23.5 Å². The Balaban J connectivity index is 2.10. The van der Waals surface area contributed by atoms with Gasteiger partial charge in [0, 0.05) is 19.7 Å². The van der Waals surface area contributed by atoms with E-state index in [9.17, 15) is 4.79 Å². The van der Waals surface area contributed by atoms with E-state index < -0.39 is 0 Å². The van der Waals surface area contributed by atoms with Crippen molar-refractivity contribution in [3.63, 3.8) is 0 Å². The van der Waals surface area contributed by atoms with Crippen molar-refractivity contribution >= 4 is 27.5 Å². The molecule has 132 valence electrons. The number of carbonyl (C=O) groups excluding carboxylic acids is 1. The highest BCUT2D eigenvalue weighted by Gasteiger charge is 2.16. The minimum atomic E-state index is -0.271. The summed E-state index contributed by atoms with van der Waals surface area (Å²) >= 11 is 1.51. The molecule has 2 heterocycles. The zero-order valence-electron chi connectivity index (χ0n) is 14.9. The fourth-order valence-corrected chi connectivity index (χ4v) is 3.77. The second-order valence-corrected chi connectivity index (χ2v) is 7.13. The number of rotatable bonds is 5. The monoisotopic (exact) mass is 358 g/mol. The molecule has 3 aromatic rings. The van der Waals surface area contributed by atoms with Crippen LogP contribution in [0.2, 0.25) is 0 Å². The van der Waals surface area contributed by atoms with Gasteiger partial charge in [-0.25, -0.2) is 0 Å². The second kappa shape index (κ2) is 7.33. The highest BCUT2D eigenvalue weighted by atomic mass is 32.1. The molecule has 0 aliphatic rings. The highest BCUT2D eigenvalue weighted by molar-refractivity contribution is 7.16. The van der Waals surface area contributed by atoms with Gasteiger partial charge >= 0.3 is 0 Å². The summed E-state index contributed by atoms with van der Waals surface area (Å²) in [5.74, 6) is -0.271. The van der Waals surface area contributed by atoms with Crippen LogP contribution in [-0.2, 0) is 11.3 Å². The van der Waals surface area contributed by atoms with E-state index in [0.29, 0.717) is 23.6 Å². The quantitative estimate of drug-likeness (QED) is 0.704. The highest BCUT2D eigenvalue weighted by Crippen LogP contribution is 2.17. The Bertz CT molecular complexity index is 965. The van der Waals surface area contributed by atoms with Crippen LogP contribution < -0.4 is 4.80 Å². The fourth-order valence-electron chi connectivity index (χ4n) is 2.72. The first-order valence-electron chi connectivity index (χ1n) is 8.23. The molecule has 0 saturated carbocycles. The van der Waals surface area contributed by atoms with E-state index in [2.05, 4.69) is 10.1 Å². The number of fused-ring (bicyclic) bond motifs is 1. The Morgan fingerprint density at radius 1 is 1.36 bits per heavy atom. The minimum Gasteiger partial charge on any atom is -0.383 e. The summed E-state index contributed by atoms with van der Waals surface area (Å²) in [7, 11) is 1.67. The Morgan fingerprint density at radius 2 is 2.12 bits per heavy atom. The molecule has 0 radical (unpaired) electrons. The fraction of sp³-hybridized carbons (Fsp3) is 0.389. The Labute approximate surface area is 150 Å². The zero-order chi connectivity index (χ0) is 18.0. The van der Waals surface area contributed by atoms with Gasteiger partial charge in [-0.15, -0.1) is 0 Å². The molecule has 0 fully saturated rings. The van der Waals surface area contributed by atoms with Gasteiger partial charge in [0.2, 0.25) is 0 Å². The Kier molecular flexibility index (Phi) is 5.15. The molecule has 6 nitrogen and oxygen atoms in total. The van der Waals surface area contributed by atoms with Crippen LogP contribution >= 0.6 is 11.3 Å². The SMILES string of the molecule is COCCn1c(=NC(=O)c2cc(C)nn2C(C)C)sc2ccccc21. The standard InChI is InChI=1S/C18H22N4O2S/c1-12(2)22-15(11-13(3)20-22)17(23)19-18-21(9-10-24-4)14-7-5-6-8-16(14)25-18/h5-8,11-12H,9-10H2,1-4H3. The molecule has 2 aromatic heterocycles. The predicted octanol–water partition coefficient (Wildman–Crippen LogP) is 3.18. The van der Waals surface area contributed by atoms with Crippen LogP contribution in [0.15, 0.2) is 35.3 Å². The molecular formula is C18H22N4O2S. The van der Waals surface area contributed by atoms with Crippen LogP contribution in [0.25, 0.3) is 10.2 Å². The third-order valence-electron chi connectivity index (χ3n) is 3.87. The van der Waals surface area contributed by atoms with E-state index in [4.69, 9.17) is 4.74 Å². The molecular weight excluding hydrogens is 336 g/mol. The summed E-state index contributed by atoms with van der Waals surface area (Å²) in [5.41, 5.74) is 2.39. The third kappa shape index (κ3) is 3.57. The number of para-hydroxylation sites is 1. The molecule has 1 amide bonds. The van der Waals surface area contributed by atoms with Crippen LogP contribution in [0, 0.1) is 6.92 Å². The van der Waals surface area contributed by atoms with Crippen LogP contribution in [0.5, 0.6) is 0 Å². The lowest BCUT2D eigenvalue weighted by molar-refractivity contribution is 0.0985. The van der Waals surface area contributed by atoms with Crippen molar-refractivity contribution in [2.45, 2.75) is 33.4 Å². The Morgan fingerprint density at radius 3 is 2.84 bits per heavy atom. The molecule has 7 heteroatoms. The lowest BCUT2D eigenvalue weighted by atomic mass is 10.3. The first kappa shape index (κ1) is 17.6. The predicted molar refractivity (Wildman–Crippen MR) is 98.9 cm³/mol. The number of benzene rings is 1. The number of amides is 1. The average Bonchev–Trinajstić information content (AvgIpc) is 3.13. The van der Waals surface area contributed by atoms with Gasteiger partial charge in [-0.05, 0) is 39.0 Å². The van der Waals surface area contributed by atoms with Crippen molar-refractivity contribution in [2.24, 2.45) is 4.99 Å². The molecule has 0 N–H and O–H groups in total. The van der Waals surface area contributed by atoms with Crippen molar-refractivity contribution in [2.75, 3.05) is 13.7 Å². The van der Waals surface area contributed by atoms with E-state index in [-0.39, 0.29) is 11.9 Å². The lowest BCUT2D eigenvalue weighted by Gasteiger charge is -2.08. The van der Waals surface area contributed by atoms with E-state index in [0.717, 1.165) is 15.9 Å². The number of aromatic nitrogens is 3. The lowest BCUT2D eigenvalue weighted by Crippen LogP contribution is -2.20. The summed E-state index contributed by atoms with van der Waals surface area (Å²) < 4.78 is 10.1. The minimum absolute atomic E-state index is 0.103. The van der Waals surface area contributed by atoms with Crippen molar-refractivity contribution in [1.29, 1.82) is 0 Å². The van der Waals surface area contributed by atoms with Crippen LogP contribution in [0.1, 0.15) is 36.1 Å². The van der Waals surface area contributed by atoms with Gasteiger partial charge in [-0.2, -0.15) is 10.1 Å². The maximum absolute atomic E-state index is 12.8. The largest absolute Gasteiger partial charge is 0.383 e. The number of thiazole rings is 1. The number of methoxy groups -OCH3 is 1. The third-order valence-corrected chi connectivity index (χ3v) is 4.93. The molecule has 0 unspecified atom stereocenters. The number of aryl methyl sites for hydroxylation is 1. The van der Waals surface area contributed by atoms with Gasteiger partial charge in [0.25, 0.3) is 5.91 Å². The molecule has 0 spiro atoms. The van der Waals surface area contributed by atoms with Gasteiger partial charge < -0.3 is 9.30 Å². The first-order valence-corrected chi connectivity index (χ1v) is 9.05. The van der Waals surface area contributed by atoms with Gasteiger partial charge in [-0.3, -0.25) is 9.48 Å². The molecule has 0 atom stereocenters. The summed E-state index contributed by atoms with van der Waals surface area (Å²) in [6.45, 7) is 7.09. The Hall–Kier alpha value is -2.25. The maximum atomic E-state index is 12.8. The number of ether oxygens (including phenoxy) is 1. The molecule has 25 heavy (non-hydrogen) atoms. The molecule has 0 aliphatic carbocycles. The van der Waals surface area contributed by atoms with Gasteiger partial charge in [0.15, 0.2) is 4.80 Å². The van der Waals surface area contributed by atoms with Crippen molar-refractivity contribution in [3.8, 4) is 0 Å². The summed E-state index contributed by atoms with van der Waals surface area (Å²) in [6.07, 6.45) is 0. The van der Waals surface area contributed by atoms with Crippen LogP contribution in [-0.4, -0.2) is 34.0 Å². The summed E-state index contributed by atoms with van der Waals surface area (Å²) in [4.78, 5) is 17.9. The van der Waals surface area contributed by atoms with E-state index in [1.807, 2.05) is 49.6 Å². The number of nitrogens with zero attached hydrogens (tertiary/aromatic N) is 4. The van der Waals surface area contributed by atoms with Crippen molar-refractivity contribution in [1.82, 2.24) is 14.3 Å². The van der Waals surface area contributed by atoms with Crippen LogP contribution in [0.4, 0.5) is 0 Å². The van der Waals surface area contributed by atoms with Gasteiger partial charge in [0.1, 0.15) is 5.69 Å². The number of carbonyl (C=O) groups is 1.